The fraction of sp³-hybridized carbons (Fsp3) is 0.500. The third-order valence-electron chi connectivity index (χ3n) is 2.56. The van der Waals surface area contributed by atoms with Gasteiger partial charge in [0, 0.05) is 6.30 Å². The summed E-state index contributed by atoms with van der Waals surface area (Å²) in [6.45, 7) is 8.59. The van der Waals surface area contributed by atoms with Gasteiger partial charge in [0.25, 0.3) is 0 Å². The third-order valence-corrected chi connectivity index (χ3v) is 4.04. The van der Waals surface area contributed by atoms with Gasteiger partial charge in [-0.3, -0.25) is 5.10 Å². The third kappa shape index (κ3) is 2.02. The van der Waals surface area contributed by atoms with Gasteiger partial charge in [0.1, 0.15) is 5.82 Å². The average Bonchev–Trinajstić information content (AvgIpc) is 2.82. The van der Waals surface area contributed by atoms with Crippen molar-refractivity contribution in [2.24, 2.45) is 0 Å². The lowest BCUT2D eigenvalue weighted by molar-refractivity contribution is 0.870. The highest BCUT2D eigenvalue weighted by molar-refractivity contribution is 7.15. The molecule has 0 aliphatic heterocycles. The maximum Gasteiger partial charge on any atom is 0.191 e. The molecule has 0 amide bonds. The summed E-state index contributed by atoms with van der Waals surface area (Å²) in [6.07, 6.45) is 1.08. The molecule has 2 aromatic rings. The van der Waals surface area contributed by atoms with Crippen LogP contribution in [0.2, 0.25) is 0 Å². The lowest BCUT2D eigenvalue weighted by Crippen LogP contribution is -1.87. The molecule has 0 fully saturated rings. The second-order valence-corrected chi connectivity index (χ2v) is 5.34. The van der Waals surface area contributed by atoms with Crippen molar-refractivity contribution >= 4 is 11.3 Å². The Morgan fingerprint density at radius 1 is 1.50 bits per heavy atom. The maximum atomic E-state index is 4.37. The van der Waals surface area contributed by atoms with Gasteiger partial charge >= 0.3 is 0 Å². The van der Waals surface area contributed by atoms with Gasteiger partial charge in [-0.2, -0.15) is 5.10 Å². The van der Waals surface area contributed by atoms with Crippen molar-refractivity contribution in [2.45, 2.75) is 40.0 Å². The molecule has 0 bridgehead atoms. The van der Waals surface area contributed by atoms with E-state index in [0.29, 0.717) is 5.92 Å². The first kappa shape index (κ1) is 11.3. The van der Waals surface area contributed by atoms with Gasteiger partial charge in [0.15, 0.2) is 5.82 Å². The number of aromatic nitrogens is 3. The molecule has 88 valence electrons. The second kappa shape index (κ2) is 4.37. The molecule has 2 rings (SSSR count). The van der Waals surface area contributed by atoms with Crippen LogP contribution in [-0.4, -0.2) is 15.2 Å². The van der Waals surface area contributed by atoms with Gasteiger partial charge in [-0.05, 0) is 30.9 Å². The number of hydrogen-bond donors (Lipinski definition) is 1. The number of thiophene rings is 1. The molecule has 0 saturated heterocycles. The molecule has 0 spiro atoms. The number of aryl methyl sites for hydroxylation is 2. The Morgan fingerprint density at radius 3 is 2.69 bits per heavy atom. The van der Waals surface area contributed by atoms with E-state index in [0.717, 1.165) is 18.1 Å². The SMILES string of the molecule is CCc1cc(-c2n[nH]c(C)n2)sc1C(C)C.[HH]. The van der Waals surface area contributed by atoms with Gasteiger partial charge in [-0.1, -0.05) is 20.8 Å². The number of H-pyrrole nitrogens is 1. The first-order valence-corrected chi connectivity index (χ1v) is 6.45. The zero-order chi connectivity index (χ0) is 11.7. The number of hydrogen-bond acceptors (Lipinski definition) is 3. The average molecular weight is 237 g/mol. The lowest BCUT2D eigenvalue weighted by Gasteiger charge is -2.03. The van der Waals surface area contributed by atoms with E-state index in [1.54, 1.807) is 0 Å². The van der Waals surface area contributed by atoms with E-state index in [2.05, 4.69) is 42.0 Å². The van der Waals surface area contributed by atoms with Crippen molar-refractivity contribution in [3.05, 3.63) is 22.3 Å². The van der Waals surface area contributed by atoms with E-state index in [-0.39, 0.29) is 1.43 Å². The molecular weight excluding hydrogens is 218 g/mol. The summed E-state index contributed by atoms with van der Waals surface area (Å²) in [5.74, 6) is 2.27. The maximum absolute atomic E-state index is 4.37. The minimum Gasteiger partial charge on any atom is -0.263 e. The van der Waals surface area contributed by atoms with Gasteiger partial charge < -0.3 is 0 Å². The molecule has 0 unspecified atom stereocenters. The Kier molecular flexibility index (Phi) is 3.10. The van der Waals surface area contributed by atoms with Crippen molar-refractivity contribution < 1.29 is 1.43 Å². The molecule has 16 heavy (non-hydrogen) atoms. The van der Waals surface area contributed by atoms with Crippen LogP contribution in [0.4, 0.5) is 0 Å². The predicted octanol–water partition coefficient (Wildman–Crippen LogP) is 3.77. The van der Waals surface area contributed by atoms with Crippen LogP contribution in [0.25, 0.3) is 10.7 Å². The van der Waals surface area contributed by atoms with Gasteiger partial charge in [0.05, 0.1) is 4.88 Å². The van der Waals surface area contributed by atoms with E-state index >= 15 is 0 Å². The van der Waals surface area contributed by atoms with E-state index in [4.69, 9.17) is 0 Å². The van der Waals surface area contributed by atoms with Gasteiger partial charge in [-0.15, -0.1) is 11.3 Å². The van der Waals surface area contributed by atoms with Crippen LogP contribution in [-0.2, 0) is 6.42 Å². The summed E-state index contributed by atoms with van der Waals surface area (Å²) >= 11 is 1.81. The van der Waals surface area contributed by atoms with E-state index in [1.807, 2.05) is 18.3 Å². The Hall–Kier alpha value is -1.16. The van der Waals surface area contributed by atoms with Crippen LogP contribution in [0.5, 0.6) is 0 Å². The highest BCUT2D eigenvalue weighted by atomic mass is 32.1. The molecule has 0 aromatic carbocycles. The normalized spacial score (nSPS) is 11.3. The number of nitrogens with one attached hydrogen (secondary N) is 1. The molecule has 0 aliphatic rings. The minimum absolute atomic E-state index is 0. The molecule has 3 nitrogen and oxygen atoms in total. The molecule has 0 atom stereocenters. The summed E-state index contributed by atoms with van der Waals surface area (Å²) in [5, 5.41) is 7.10. The second-order valence-electron chi connectivity index (χ2n) is 4.25. The zero-order valence-corrected chi connectivity index (χ0v) is 11.0. The molecule has 2 heterocycles. The van der Waals surface area contributed by atoms with E-state index in [1.165, 1.54) is 15.3 Å². The van der Waals surface area contributed by atoms with Crippen LogP contribution in [0.1, 0.15) is 44.4 Å². The highest BCUT2D eigenvalue weighted by Gasteiger charge is 2.14. The Bertz CT molecular complexity index is 488. The van der Waals surface area contributed by atoms with E-state index < -0.39 is 0 Å². The Balaban J connectivity index is 0.00000144. The summed E-state index contributed by atoms with van der Waals surface area (Å²) in [6, 6.07) is 2.22. The molecule has 0 saturated carbocycles. The van der Waals surface area contributed by atoms with Gasteiger partial charge in [-0.25, -0.2) is 4.98 Å². The molecule has 1 N–H and O–H groups in total. The largest absolute Gasteiger partial charge is 0.263 e. The van der Waals surface area contributed by atoms with Crippen molar-refractivity contribution in [2.75, 3.05) is 0 Å². The van der Waals surface area contributed by atoms with Crippen LogP contribution in [0.3, 0.4) is 0 Å². The van der Waals surface area contributed by atoms with Crippen LogP contribution >= 0.6 is 11.3 Å². The van der Waals surface area contributed by atoms with Gasteiger partial charge in [0.2, 0.25) is 0 Å². The van der Waals surface area contributed by atoms with Crippen molar-refractivity contribution in [3.8, 4) is 10.7 Å². The summed E-state index contributed by atoms with van der Waals surface area (Å²) in [7, 11) is 0. The quantitative estimate of drug-likeness (QED) is 0.882. The Morgan fingerprint density at radius 2 is 2.25 bits per heavy atom. The monoisotopic (exact) mass is 237 g/mol. The number of rotatable bonds is 3. The van der Waals surface area contributed by atoms with E-state index in [9.17, 15) is 0 Å². The van der Waals surface area contributed by atoms with Crippen molar-refractivity contribution in [1.82, 2.24) is 15.2 Å². The minimum atomic E-state index is 0. The molecule has 4 heteroatoms. The molecule has 0 radical (unpaired) electrons. The summed E-state index contributed by atoms with van der Waals surface area (Å²) in [4.78, 5) is 7.00. The zero-order valence-electron chi connectivity index (χ0n) is 10.2. The highest BCUT2D eigenvalue weighted by Crippen LogP contribution is 2.34. The van der Waals surface area contributed by atoms with Crippen LogP contribution in [0.15, 0.2) is 6.07 Å². The first-order chi connectivity index (χ1) is 7.61. The Labute approximate surface area is 101 Å². The summed E-state index contributed by atoms with van der Waals surface area (Å²) < 4.78 is 0. The standard InChI is InChI=1S/C12H17N3S.H2/c1-5-9-6-10(16-11(9)7(2)3)12-13-8(4)14-15-12;/h6-7H,5H2,1-4H3,(H,13,14,15);1H. The topological polar surface area (TPSA) is 41.6 Å². The smallest absolute Gasteiger partial charge is 0.191 e. The summed E-state index contributed by atoms with van der Waals surface area (Å²) in [5.41, 5.74) is 1.43. The fourth-order valence-electron chi connectivity index (χ4n) is 1.77. The number of nitrogens with zero attached hydrogens (tertiary/aromatic N) is 2. The van der Waals surface area contributed by atoms with Crippen LogP contribution < -0.4 is 0 Å². The first-order valence-electron chi connectivity index (χ1n) is 5.63. The molecule has 2 aromatic heterocycles. The number of aromatic amines is 1. The van der Waals surface area contributed by atoms with Crippen molar-refractivity contribution in [3.63, 3.8) is 0 Å². The predicted molar refractivity (Wildman–Crippen MR) is 70.0 cm³/mol. The fourth-order valence-corrected chi connectivity index (χ4v) is 2.96. The molecule has 0 aliphatic carbocycles. The molecular formula is C12H19N3S. The lowest BCUT2D eigenvalue weighted by atomic mass is 10.1. The van der Waals surface area contributed by atoms with Crippen LogP contribution in [0, 0.1) is 6.92 Å². The van der Waals surface area contributed by atoms with Crippen molar-refractivity contribution in [1.29, 1.82) is 0 Å².